The number of nitrogens with one attached hydrogen (secondary N) is 1. The van der Waals surface area contributed by atoms with Gasteiger partial charge in [0.05, 0.1) is 0 Å². The molecule has 0 aromatic heterocycles. The predicted molar refractivity (Wildman–Crippen MR) is 58.8 cm³/mol. The number of aliphatic carboxylic acids is 1. The van der Waals surface area contributed by atoms with Crippen LogP contribution in [0.3, 0.4) is 0 Å². The number of carboxylic acid groups (broad SMARTS) is 1. The molecule has 4 nitrogen and oxygen atoms in total. The van der Waals surface area contributed by atoms with Gasteiger partial charge in [-0.1, -0.05) is 0 Å². The van der Waals surface area contributed by atoms with E-state index in [1.54, 1.807) is 0 Å². The Hall–Kier alpha value is -0.900. The molecule has 0 unspecified atom stereocenters. The van der Waals surface area contributed by atoms with Crippen molar-refractivity contribution in [3.63, 3.8) is 0 Å². The molecule has 2 N–H and O–H groups in total. The van der Waals surface area contributed by atoms with Crippen LogP contribution in [-0.4, -0.2) is 27.9 Å². The molecule has 0 atom stereocenters. The Bertz CT molecular complexity index is 235. The zero-order valence-electron chi connectivity index (χ0n) is 10.2. The van der Waals surface area contributed by atoms with Crippen molar-refractivity contribution in [2.45, 2.75) is 58.5 Å². The molecule has 1 aliphatic heterocycles. The summed E-state index contributed by atoms with van der Waals surface area (Å²) in [4.78, 5) is 20.3. The summed E-state index contributed by atoms with van der Waals surface area (Å²) in [6, 6.07) is 0. The lowest BCUT2D eigenvalue weighted by Gasteiger charge is -2.41. The van der Waals surface area contributed by atoms with E-state index in [-0.39, 0.29) is 11.1 Å². The second-order valence-corrected chi connectivity index (χ2v) is 5.30. The standard InChI is InChI=1S/C9H17NO.C2H4O2/c1-8(2)5-7(11)6-9(3,4)10-8;1-2(3)4/h10H,5-6H2,1-4H3;1H3,(H,3,4). The molecule has 88 valence electrons. The molecule has 1 fully saturated rings. The highest BCUT2D eigenvalue weighted by Gasteiger charge is 2.36. The second kappa shape index (κ2) is 4.75. The minimum Gasteiger partial charge on any atom is -0.481 e. The summed E-state index contributed by atoms with van der Waals surface area (Å²) in [5, 5.41) is 10.9. The largest absolute Gasteiger partial charge is 0.481 e. The average molecular weight is 215 g/mol. The van der Waals surface area contributed by atoms with Crippen molar-refractivity contribution in [2.24, 2.45) is 0 Å². The summed E-state index contributed by atoms with van der Waals surface area (Å²) in [7, 11) is 0. The molecule has 0 spiro atoms. The predicted octanol–water partition coefficient (Wildman–Crippen LogP) is 1.59. The molecule has 0 aromatic carbocycles. The molecule has 0 saturated carbocycles. The van der Waals surface area contributed by atoms with Gasteiger partial charge in [-0.05, 0) is 27.7 Å². The molecule has 0 aromatic rings. The van der Waals surface area contributed by atoms with Gasteiger partial charge in [0, 0.05) is 30.8 Å². The van der Waals surface area contributed by atoms with Gasteiger partial charge in [-0.15, -0.1) is 0 Å². The fourth-order valence-corrected chi connectivity index (χ4v) is 2.05. The van der Waals surface area contributed by atoms with E-state index in [1.807, 2.05) is 0 Å². The van der Waals surface area contributed by atoms with E-state index in [9.17, 15) is 4.79 Å². The monoisotopic (exact) mass is 215 g/mol. The van der Waals surface area contributed by atoms with Crippen LogP contribution >= 0.6 is 0 Å². The van der Waals surface area contributed by atoms with E-state index in [4.69, 9.17) is 9.90 Å². The number of piperidine rings is 1. The van der Waals surface area contributed by atoms with Gasteiger partial charge in [0.15, 0.2) is 0 Å². The number of carbonyl (C=O) groups excluding carboxylic acids is 1. The quantitative estimate of drug-likeness (QED) is 0.644. The zero-order chi connectivity index (χ0) is 12.3. The van der Waals surface area contributed by atoms with Crippen LogP contribution in [0.4, 0.5) is 0 Å². The fraction of sp³-hybridized carbons (Fsp3) is 0.818. The molecular formula is C11H21NO3. The first kappa shape index (κ1) is 14.1. The SMILES string of the molecule is CC(=O)O.CC1(C)CC(=O)CC(C)(C)N1. The highest BCUT2D eigenvalue weighted by Crippen LogP contribution is 2.25. The van der Waals surface area contributed by atoms with Crippen LogP contribution < -0.4 is 5.32 Å². The van der Waals surface area contributed by atoms with Gasteiger partial charge in [-0.25, -0.2) is 0 Å². The maximum Gasteiger partial charge on any atom is 0.300 e. The molecule has 0 amide bonds. The lowest BCUT2D eigenvalue weighted by molar-refractivity contribution is -0.134. The Balaban J connectivity index is 0.000000423. The summed E-state index contributed by atoms with van der Waals surface area (Å²) >= 11 is 0. The maximum absolute atomic E-state index is 11.3. The Kier molecular flexibility index (Phi) is 4.46. The molecule has 1 heterocycles. The topological polar surface area (TPSA) is 66.4 Å². The third-order valence-electron chi connectivity index (χ3n) is 1.95. The average Bonchev–Trinajstić information content (AvgIpc) is 1.73. The Morgan fingerprint density at radius 3 is 1.67 bits per heavy atom. The van der Waals surface area contributed by atoms with E-state index in [1.165, 1.54) is 0 Å². The van der Waals surface area contributed by atoms with Crippen molar-refractivity contribution in [3.8, 4) is 0 Å². The maximum atomic E-state index is 11.3. The molecule has 4 heteroatoms. The van der Waals surface area contributed by atoms with Crippen molar-refractivity contribution in [2.75, 3.05) is 0 Å². The molecule has 15 heavy (non-hydrogen) atoms. The van der Waals surface area contributed by atoms with Gasteiger partial charge in [0.1, 0.15) is 5.78 Å². The first-order chi connectivity index (χ1) is 6.54. The van der Waals surface area contributed by atoms with Gasteiger partial charge in [0.2, 0.25) is 0 Å². The van der Waals surface area contributed by atoms with Crippen LogP contribution in [0.25, 0.3) is 0 Å². The number of carbonyl (C=O) groups is 2. The minimum absolute atomic E-state index is 0.0150. The number of hydrogen-bond donors (Lipinski definition) is 2. The van der Waals surface area contributed by atoms with Gasteiger partial charge < -0.3 is 10.4 Å². The summed E-state index contributed by atoms with van der Waals surface area (Å²) < 4.78 is 0. The van der Waals surface area contributed by atoms with Crippen LogP contribution in [0.15, 0.2) is 0 Å². The number of rotatable bonds is 0. The molecule has 0 bridgehead atoms. The minimum atomic E-state index is -0.833. The van der Waals surface area contributed by atoms with Gasteiger partial charge in [0.25, 0.3) is 5.97 Å². The number of Topliss-reactive ketones (excluding diaryl/α,β-unsaturated/α-hetero) is 1. The van der Waals surface area contributed by atoms with Crippen molar-refractivity contribution < 1.29 is 14.7 Å². The van der Waals surface area contributed by atoms with Crippen molar-refractivity contribution in [1.82, 2.24) is 5.32 Å². The van der Waals surface area contributed by atoms with E-state index < -0.39 is 5.97 Å². The van der Waals surface area contributed by atoms with Crippen LogP contribution in [-0.2, 0) is 9.59 Å². The molecule has 0 radical (unpaired) electrons. The van der Waals surface area contributed by atoms with Crippen LogP contribution in [0.2, 0.25) is 0 Å². The third-order valence-corrected chi connectivity index (χ3v) is 1.95. The van der Waals surface area contributed by atoms with E-state index in [2.05, 4.69) is 33.0 Å². The summed E-state index contributed by atoms with van der Waals surface area (Å²) in [6.07, 6.45) is 1.33. The molecule has 1 aliphatic rings. The van der Waals surface area contributed by atoms with Crippen molar-refractivity contribution in [1.29, 1.82) is 0 Å². The van der Waals surface area contributed by atoms with Gasteiger partial charge in [-0.3, -0.25) is 9.59 Å². The van der Waals surface area contributed by atoms with Gasteiger partial charge in [-0.2, -0.15) is 0 Å². The van der Waals surface area contributed by atoms with E-state index >= 15 is 0 Å². The Labute approximate surface area is 91.1 Å². The summed E-state index contributed by atoms with van der Waals surface area (Å²) in [5.74, 6) is -0.459. The molecular weight excluding hydrogens is 194 g/mol. The molecule has 1 saturated heterocycles. The third kappa shape index (κ3) is 7.08. The van der Waals surface area contributed by atoms with Crippen molar-refractivity contribution in [3.05, 3.63) is 0 Å². The Morgan fingerprint density at radius 2 is 1.47 bits per heavy atom. The lowest BCUT2D eigenvalue weighted by Crippen LogP contribution is -2.58. The van der Waals surface area contributed by atoms with Crippen LogP contribution in [0, 0.1) is 0 Å². The number of carboxylic acids is 1. The Morgan fingerprint density at radius 1 is 1.20 bits per heavy atom. The molecule has 1 rings (SSSR count). The van der Waals surface area contributed by atoms with Crippen molar-refractivity contribution >= 4 is 11.8 Å². The highest BCUT2D eigenvalue weighted by molar-refractivity contribution is 5.81. The number of ketones is 1. The van der Waals surface area contributed by atoms with Crippen LogP contribution in [0.5, 0.6) is 0 Å². The smallest absolute Gasteiger partial charge is 0.300 e. The zero-order valence-corrected chi connectivity index (χ0v) is 10.2. The first-order valence-corrected chi connectivity index (χ1v) is 5.05. The summed E-state index contributed by atoms with van der Waals surface area (Å²) in [5.41, 5.74) is -0.0301. The number of hydrogen-bond acceptors (Lipinski definition) is 3. The highest BCUT2D eigenvalue weighted by atomic mass is 16.4. The lowest BCUT2D eigenvalue weighted by atomic mass is 9.82. The normalized spacial score (nSPS) is 22.6. The van der Waals surface area contributed by atoms with Gasteiger partial charge >= 0.3 is 0 Å². The van der Waals surface area contributed by atoms with Crippen LogP contribution in [0.1, 0.15) is 47.5 Å². The molecule has 0 aliphatic carbocycles. The second-order valence-electron chi connectivity index (χ2n) is 5.30. The summed E-state index contributed by atoms with van der Waals surface area (Å²) in [6.45, 7) is 9.38. The van der Waals surface area contributed by atoms with E-state index in [0.717, 1.165) is 6.92 Å². The first-order valence-electron chi connectivity index (χ1n) is 5.05. The van der Waals surface area contributed by atoms with E-state index in [0.29, 0.717) is 18.6 Å². The fourth-order valence-electron chi connectivity index (χ4n) is 2.05.